The lowest BCUT2D eigenvalue weighted by Gasteiger charge is -2.26. The summed E-state index contributed by atoms with van der Waals surface area (Å²) in [5, 5.41) is 16.7. The highest BCUT2D eigenvalue weighted by Crippen LogP contribution is 2.50. The Morgan fingerprint density at radius 3 is 3.03 bits per heavy atom. The molecule has 1 aromatic carbocycles. The van der Waals surface area contributed by atoms with E-state index in [4.69, 9.17) is 9.72 Å². The molecule has 2 aliphatic heterocycles. The smallest absolute Gasteiger partial charge is 0.138 e. The van der Waals surface area contributed by atoms with Crippen LogP contribution >= 0.6 is 11.3 Å². The van der Waals surface area contributed by atoms with Crippen LogP contribution in [0.5, 0.6) is 0 Å². The Morgan fingerprint density at radius 2 is 2.20 bits per heavy atom. The molecule has 0 saturated carbocycles. The van der Waals surface area contributed by atoms with E-state index in [0.29, 0.717) is 13.2 Å². The van der Waals surface area contributed by atoms with Gasteiger partial charge in [0.2, 0.25) is 0 Å². The minimum absolute atomic E-state index is 0.365. The van der Waals surface area contributed by atoms with Gasteiger partial charge in [-0.15, -0.1) is 11.3 Å². The normalized spacial score (nSPS) is 21.0. The van der Waals surface area contributed by atoms with Gasteiger partial charge in [0.25, 0.3) is 0 Å². The average Bonchev–Trinajstić information content (AvgIpc) is 3.65. The summed E-state index contributed by atoms with van der Waals surface area (Å²) in [5.74, 6) is 0. The zero-order valence-corrected chi connectivity index (χ0v) is 20.5. The Kier molecular flexibility index (Phi) is 4.66. The highest BCUT2D eigenvalue weighted by Gasteiger charge is 2.47. The second-order valence-corrected chi connectivity index (χ2v) is 10.7. The number of hydrogen-bond acceptors (Lipinski definition) is 7. The monoisotopic (exact) mass is 486 g/mol. The van der Waals surface area contributed by atoms with Gasteiger partial charge in [-0.2, -0.15) is 5.10 Å². The van der Waals surface area contributed by atoms with E-state index in [9.17, 15) is 5.11 Å². The fourth-order valence-corrected chi connectivity index (χ4v) is 6.58. The number of likely N-dealkylation sites (tertiary alicyclic amines) is 1. The number of aromatic nitrogens is 5. The third-order valence-corrected chi connectivity index (χ3v) is 8.20. The summed E-state index contributed by atoms with van der Waals surface area (Å²) in [6.07, 6.45) is 6.32. The topological polar surface area (TPSA) is 92.1 Å². The van der Waals surface area contributed by atoms with Crippen molar-refractivity contribution in [3.05, 3.63) is 53.4 Å². The molecular weight excluding hydrogens is 460 g/mol. The van der Waals surface area contributed by atoms with Crippen molar-refractivity contribution < 1.29 is 9.84 Å². The van der Waals surface area contributed by atoms with Crippen LogP contribution in [0.3, 0.4) is 0 Å². The zero-order chi connectivity index (χ0) is 23.7. The van der Waals surface area contributed by atoms with Gasteiger partial charge in [0.15, 0.2) is 0 Å². The molecule has 4 aromatic heterocycles. The van der Waals surface area contributed by atoms with Crippen LogP contribution in [0.25, 0.3) is 43.6 Å². The van der Waals surface area contributed by atoms with Crippen molar-refractivity contribution >= 4 is 33.3 Å². The summed E-state index contributed by atoms with van der Waals surface area (Å²) >= 11 is 1.62. The van der Waals surface area contributed by atoms with Crippen LogP contribution in [-0.2, 0) is 24.0 Å². The first kappa shape index (κ1) is 21.2. The number of benzene rings is 1. The molecule has 0 aliphatic carbocycles. The fourth-order valence-electron chi connectivity index (χ4n) is 5.95. The molecular formula is C26H26N6O2S. The predicted octanol–water partition coefficient (Wildman–Crippen LogP) is 4.05. The number of aryl methyl sites for hydroxylation is 1. The van der Waals surface area contributed by atoms with Gasteiger partial charge in [0.1, 0.15) is 11.2 Å². The lowest BCUT2D eigenvalue weighted by atomic mass is 9.87. The van der Waals surface area contributed by atoms with E-state index >= 15 is 0 Å². The van der Waals surface area contributed by atoms with Crippen molar-refractivity contribution in [1.82, 2.24) is 29.6 Å². The first-order valence-electron chi connectivity index (χ1n) is 11.9. The largest absolute Gasteiger partial charge is 0.392 e. The van der Waals surface area contributed by atoms with Gasteiger partial charge in [-0.25, -0.2) is 4.98 Å². The van der Waals surface area contributed by atoms with E-state index < -0.39 is 5.60 Å². The quantitative estimate of drug-likeness (QED) is 0.398. The maximum atomic E-state index is 9.99. The van der Waals surface area contributed by atoms with Crippen LogP contribution in [0.1, 0.15) is 24.5 Å². The van der Waals surface area contributed by atoms with Crippen LogP contribution < -0.4 is 0 Å². The summed E-state index contributed by atoms with van der Waals surface area (Å²) in [6, 6.07) is 6.52. The number of aliphatic hydroxyl groups excluding tert-OH is 1. The maximum Gasteiger partial charge on any atom is 0.138 e. The van der Waals surface area contributed by atoms with Crippen molar-refractivity contribution in [2.24, 2.45) is 7.05 Å². The van der Waals surface area contributed by atoms with Crippen LogP contribution in [0.4, 0.5) is 0 Å². The predicted molar refractivity (Wildman–Crippen MR) is 136 cm³/mol. The van der Waals surface area contributed by atoms with Crippen molar-refractivity contribution in [2.45, 2.75) is 31.7 Å². The molecule has 2 atom stereocenters. The molecule has 0 bridgehead atoms. The number of rotatable bonds is 4. The number of aliphatic hydroxyl groups is 1. The number of thiazole rings is 1. The van der Waals surface area contributed by atoms with E-state index in [1.807, 2.05) is 42.8 Å². The zero-order valence-electron chi connectivity index (χ0n) is 19.7. The molecule has 0 radical (unpaired) electrons. The fraction of sp³-hybridized carbons (Fsp3) is 0.346. The van der Waals surface area contributed by atoms with Crippen molar-refractivity contribution in [3.63, 3.8) is 0 Å². The number of β-amino-alcohol motifs (C(OH)–C–C–N with tert-alkyl or cyclic N) is 1. The Bertz CT molecular complexity index is 1570. The number of pyridine rings is 1. The number of ether oxygens (including phenoxy) is 1. The summed E-state index contributed by atoms with van der Waals surface area (Å²) in [5.41, 5.74) is 9.11. The Labute approximate surface area is 206 Å². The molecule has 2 aliphatic rings. The Balaban J connectivity index is 1.49. The van der Waals surface area contributed by atoms with Crippen LogP contribution in [0, 0.1) is 0 Å². The van der Waals surface area contributed by atoms with Gasteiger partial charge >= 0.3 is 0 Å². The number of nitrogens with one attached hydrogen (secondary N) is 1. The summed E-state index contributed by atoms with van der Waals surface area (Å²) in [7, 11) is 1.97. The molecule has 6 heterocycles. The van der Waals surface area contributed by atoms with Crippen molar-refractivity contribution in [3.8, 4) is 21.7 Å². The van der Waals surface area contributed by atoms with Gasteiger partial charge in [-0.3, -0.25) is 14.6 Å². The summed E-state index contributed by atoms with van der Waals surface area (Å²) in [6.45, 7) is 4.72. The first-order chi connectivity index (χ1) is 17.0. The molecule has 0 amide bonds. The minimum atomic E-state index is -0.397. The standard InChI is InChI=1S/C26H26N6O2S/c1-15(33)11-32-6-5-26(13-32)23-18(12-34-26)8-28-25-22(23)21(24(30-25)20-10-27-14-35-20)16-3-4-19-17(7-16)9-29-31(19)2/h3-4,7-10,14-15,33H,5-6,11-13H2,1-2H3,(H,28,30)/t15-,26-/m0/s1. The van der Waals surface area contributed by atoms with Crippen molar-refractivity contribution in [1.29, 1.82) is 0 Å². The Hall–Kier alpha value is -3.11. The molecule has 1 fully saturated rings. The van der Waals surface area contributed by atoms with Crippen molar-refractivity contribution in [2.75, 3.05) is 19.6 Å². The van der Waals surface area contributed by atoms with Gasteiger partial charge in [0, 0.05) is 66.5 Å². The second-order valence-electron chi connectivity index (χ2n) is 9.78. The lowest BCUT2D eigenvalue weighted by Crippen LogP contribution is -2.34. The summed E-state index contributed by atoms with van der Waals surface area (Å²) in [4.78, 5) is 16.2. The minimum Gasteiger partial charge on any atom is -0.392 e. The molecule has 7 rings (SSSR count). The van der Waals surface area contributed by atoms with E-state index in [-0.39, 0.29) is 6.10 Å². The molecule has 1 saturated heterocycles. The molecule has 8 nitrogen and oxygen atoms in total. The van der Waals surface area contributed by atoms with Crippen LogP contribution in [0.15, 0.2) is 42.3 Å². The third kappa shape index (κ3) is 3.19. The Morgan fingerprint density at radius 1 is 1.29 bits per heavy atom. The third-order valence-electron chi connectivity index (χ3n) is 7.41. The van der Waals surface area contributed by atoms with Crippen LogP contribution in [-0.4, -0.2) is 60.5 Å². The average molecular weight is 487 g/mol. The van der Waals surface area contributed by atoms with E-state index in [2.05, 4.69) is 38.2 Å². The van der Waals surface area contributed by atoms with E-state index in [1.165, 1.54) is 5.56 Å². The second kappa shape index (κ2) is 7.69. The van der Waals surface area contributed by atoms with E-state index in [1.54, 1.807) is 11.3 Å². The van der Waals surface area contributed by atoms with Gasteiger partial charge in [-0.05, 0) is 31.0 Å². The molecule has 2 N–H and O–H groups in total. The van der Waals surface area contributed by atoms with Crippen LogP contribution in [0.2, 0.25) is 0 Å². The van der Waals surface area contributed by atoms with Gasteiger partial charge < -0.3 is 14.8 Å². The van der Waals surface area contributed by atoms with Gasteiger partial charge in [-0.1, -0.05) is 6.07 Å². The highest BCUT2D eigenvalue weighted by molar-refractivity contribution is 7.13. The maximum absolute atomic E-state index is 9.99. The molecule has 0 unspecified atom stereocenters. The molecule has 9 heteroatoms. The molecule has 5 aromatic rings. The first-order valence-corrected chi connectivity index (χ1v) is 12.8. The van der Waals surface area contributed by atoms with E-state index in [0.717, 1.165) is 68.7 Å². The SMILES string of the molecule is C[C@H](O)CN1CC[C@@]2(C1)OCc1cnc3[nH]c(-c4cncs4)c(-c4ccc5c(cnn5C)c4)c3c12. The lowest BCUT2D eigenvalue weighted by molar-refractivity contribution is -0.0305. The number of fused-ring (bicyclic) bond motifs is 5. The summed E-state index contributed by atoms with van der Waals surface area (Å²) < 4.78 is 8.45. The molecule has 35 heavy (non-hydrogen) atoms. The molecule has 178 valence electrons. The highest BCUT2D eigenvalue weighted by atomic mass is 32.1. The number of H-pyrrole nitrogens is 1. The van der Waals surface area contributed by atoms with Gasteiger partial charge in [0.05, 0.1) is 40.5 Å². The number of aromatic amines is 1. The molecule has 1 spiro atoms. The number of hydrogen-bond donors (Lipinski definition) is 2. The number of nitrogens with zero attached hydrogens (tertiary/aromatic N) is 5.